The molecule has 0 bridgehead atoms. The standard InChI is InChI=1S/C10H9N3S2.K/c11-6-8(9(12)14)10(15)13-7-4-2-1-3-5-7;/h1-5,14H,12H2,(H,13,15);/q;+1/p-1. The summed E-state index contributed by atoms with van der Waals surface area (Å²) in [5.41, 5.74) is 6.27. The van der Waals surface area contributed by atoms with Crippen LogP contribution in [0.15, 0.2) is 40.9 Å². The van der Waals surface area contributed by atoms with E-state index in [0.29, 0.717) is 0 Å². The third-order valence-electron chi connectivity index (χ3n) is 1.62. The van der Waals surface area contributed by atoms with E-state index in [4.69, 9.17) is 35.8 Å². The minimum absolute atomic E-state index is 0. The minimum atomic E-state index is 0. The summed E-state index contributed by atoms with van der Waals surface area (Å²) in [5, 5.41) is 11.6. The molecule has 3 nitrogen and oxygen atoms in total. The van der Waals surface area contributed by atoms with Crippen molar-refractivity contribution in [2.24, 2.45) is 5.73 Å². The number of para-hydroxylation sites is 1. The van der Waals surface area contributed by atoms with Gasteiger partial charge in [-0.2, -0.15) is 5.26 Å². The molecule has 0 saturated heterocycles. The van der Waals surface area contributed by atoms with Gasteiger partial charge in [-0.15, -0.1) is 0 Å². The Hall–Kier alpha value is -0.00364. The molecule has 0 fully saturated rings. The molecule has 0 saturated carbocycles. The second kappa shape index (κ2) is 8.14. The first-order valence-electron chi connectivity index (χ1n) is 4.08. The van der Waals surface area contributed by atoms with E-state index in [1.165, 1.54) is 0 Å². The minimum Gasteiger partial charge on any atom is -0.762 e. The van der Waals surface area contributed by atoms with Gasteiger partial charge in [-0.1, -0.05) is 35.4 Å². The van der Waals surface area contributed by atoms with Crippen molar-refractivity contribution in [3.05, 3.63) is 40.9 Å². The van der Waals surface area contributed by atoms with Crippen LogP contribution in [0.25, 0.3) is 0 Å². The molecule has 76 valence electrons. The fourth-order valence-electron chi connectivity index (χ4n) is 0.933. The number of thiocarbonyl (C=S) groups is 1. The Morgan fingerprint density at radius 2 is 1.94 bits per heavy atom. The van der Waals surface area contributed by atoms with Crippen molar-refractivity contribution in [1.29, 1.82) is 5.26 Å². The van der Waals surface area contributed by atoms with Gasteiger partial charge in [0.2, 0.25) is 0 Å². The molecule has 0 aromatic heterocycles. The monoisotopic (exact) mass is 273 g/mol. The van der Waals surface area contributed by atoms with Crippen molar-refractivity contribution in [2.75, 3.05) is 5.32 Å². The zero-order valence-electron chi connectivity index (χ0n) is 8.73. The Kier molecular flexibility index (Phi) is 8.14. The predicted molar refractivity (Wildman–Crippen MR) is 66.9 cm³/mol. The molecule has 0 amide bonds. The summed E-state index contributed by atoms with van der Waals surface area (Å²) < 4.78 is 0. The van der Waals surface area contributed by atoms with Gasteiger partial charge in [0.15, 0.2) is 0 Å². The van der Waals surface area contributed by atoms with Gasteiger partial charge >= 0.3 is 51.4 Å². The van der Waals surface area contributed by atoms with Gasteiger partial charge in [-0.25, -0.2) is 0 Å². The van der Waals surface area contributed by atoms with Crippen LogP contribution in [0.2, 0.25) is 0 Å². The molecule has 3 N–H and O–H groups in total. The van der Waals surface area contributed by atoms with Crippen LogP contribution in [0.3, 0.4) is 0 Å². The molecule has 6 heteroatoms. The fraction of sp³-hybridized carbons (Fsp3) is 0. The van der Waals surface area contributed by atoms with E-state index < -0.39 is 0 Å². The molecule has 0 radical (unpaired) electrons. The SMILES string of the molecule is N#CC(C(=S)Nc1ccccc1)=C(N)[S-].[K+]. The van der Waals surface area contributed by atoms with Crippen molar-refractivity contribution >= 4 is 35.5 Å². The molecule has 0 heterocycles. The molecule has 0 aliphatic rings. The summed E-state index contributed by atoms with van der Waals surface area (Å²) in [7, 11) is 0. The van der Waals surface area contributed by atoms with E-state index in [1.807, 2.05) is 36.4 Å². The number of hydrogen-bond donors (Lipinski definition) is 2. The number of rotatable bonds is 2. The number of nitrogens with zero attached hydrogens (tertiary/aromatic N) is 1. The third-order valence-corrected chi connectivity index (χ3v) is 2.13. The summed E-state index contributed by atoms with van der Waals surface area (Å²) in [4.78, 5) is 0.246. The number of hydrogen-bond acceptors (Lipinski definition) is 4. The second-order valence-electron chi connectivity index (χ2n) is 2.67. The number of nitrogens with two attached hydrogens (primary N) is 1. The van der Waals surface area contributed by atoms with Crippen LogP contribution >= 0.6 is 12.2 Å². The Bertz CT molecular complexity index is 433. The van der Waals surface area contributed by atoms with Crippen molar-refractivity contribution in [2.45, 2.75) is 0 Å². The molecular weight excluding hydrogens is 265 g/mol. The average Bonchev–Trinajstić information content (AvgIpc) is 2.19. The maximum atomic E-state index is 8.76. The average molecular weight is 273 g/mol. The summed E-state index contributed by atoms with van der Waals surface area (Å²) in [5.74, 6) is 0. The van der Waals surface area contributed by atoms with E-state index in [2.05, 4.69) is 5.32 Å². The normalized spacial score (nSPS) is 10.4. The van der Waals surface area contributed by atoms with Crippen molar-refractivity contribution in [1.82, 2.24) is 0 Å². The molecule has 1 rings (SSSR count). The summed E-state index contributed by atoms with van der Waals surface area (Å²) in [6.07, 6.45) is 0. The Balaban J connectivity index is 0.00000225. The van der Waals surface area contributed by atoms with Gasteiger partial charge in [-0.05, 0) is 12.1 Å². The van der Waals surface area contributed by atoms with Crippen molar-refractivity contribution in [3.63, 3.8) is 0 Å². The van der Waals surface area contributed by atoms with Crippen LogP contribution < -0.4 is 62.4 Å². The van der Waals surface area contributed by atoms with Crippen LogP contribution in [-0.2, 0) is 12.6 Å². The van der Waals surface area contributed by atoms with Crippen LogP contribution in [0.1, 0.15) is 0 Å². The fourth-order valence-corrected chi connectivity index (χ4v) is 1.42. The van der Waals surface area contributed by atoms with Gasteiger partial charge in [0.1, 0.15) is 11.1 Å². The zero-order chi connectivity index (χ0) is 11.3. The summed E-state index contributed by atoms with van der Waals surface area (Å²) in [6.45, 7) is 0. The van der Waals surface area contributed by atoms with Crippen molar-refractivity contribution < 1.29 is 51.4 Å². The van der Waals surface area contributed by atoms with E-state index in [-0.39, 0.29) is 67.0 Å². The first-order valence-corrected chi connectivity index (χ1v) is 4.90. The van der Waals surface area contributed by atoms with Crippen molar-refractivity contribution in [3.8, 4) is 6.07 Å². The number of nitrogens with one attached hydrogen (secondary N) is 1. The largest absolute Gasteiger partial charge is 1.00 e. The second-order valence-corrected chi connectivity index (χ2v) is 3.52. The molecule has 0 atom stereocenters. The molecule has 1 aromatic rings. The molecule has 0 unspecified atom stereocenters. The number of anilines is 1. The van der Waals surface area contributed by atoms with Gasteiger partial charge < -0.3 is 23.7 Å². The summed E-state index contributed by atoms with van der Waals surface area (Å²) >= 11 is 9.69. The maximum Gasteiger partial charge on any atom is 1.00 e. The third kappa shape index (κ3) is 4.89. The quantitative estimate of drug-likeness (QED) is 0.230. The van der Waals surface area contributed by atoms with Gasteiger partial charge in [-0.3, -0.25) is 0 Å². The maximum absolute atomic E-state index is 8.76. The van der Waals surface area contributed by atoms with Crippen LogP contribution in [0, 0.1) is 11.3 Å². The molecule has 1 aromatic carbocycles. The van der Waals surface area contributed by atoms with Gasteiger partial charge in [0, 0.05) is 5.69 Å². The van der Waals surface area contributed by atoms with Gasteiger partial charge in [0.05, 0.1) is 5.57 Å². The number of nitriles is 1. The smallest absolute Gasteiger partial charge is 0.762 e. The molecule has 0 spiro atoms. The van der Waals surface area contributed by atoms with Gasteiger partial charge in [0.25, 0.3) is 0 Å². The van der Waals surface area contributed by atoms with E-state index in [9.17, 15) is 0 Å². The van der Waals surface area contributed by atoms with E-state index in [0.717, 1.165) is 5.69 Å². The predicted octanol–water partition coefficient (Wildman–Crippen LogP) is -1.33. The first-order chi connectivity index (χ1) is 7.15. The molecule has 16 heavy (non-hydrogen) atoms. The van der Waals surface area contributed by atoms with Crippen LogP contribution in [0.5, 0.6) is 0 Å². The topological polar surface area (TPSA) is 61.8 Å². The molecule has 0 aliphatic heterocycles. The molecule has 0 aliphatic carbocycles. The van der Waals surface area contributed by atoms with E-state index >= 15 is 0 Å². The summed E-state index contributed by atoms with van der Waals surface area (Å²) in [6, 6.07) is 11.1. The Labute approximate surface area is 148 Å². The van der Waals surface area contributed by atoms with E-state index in [1.54, 1.807) is 0 Å². The zero-order valence-corrected chi connectivity index (χ0v) is 13.5. The Morgan fingerprint density at radius 1 is 1.38 bits per heavy atom. The van der Waals surface area contributed by atoms with Crippen LogP contribution in [0.4, 0.5) is 5.69 Å². The Morgan fingerprint density at radius 3 is 2.38 bits per heavy atom. The number of benzene rings is 1. The first kappa shape index (κ1) is 16.0. The van der Waals surface area contributed by atoms with Crippen LogP contribution in [-0.4, -0.2) is 4.99 Å². The molecular formula is C10H8KN3S2.